The maximum atomic E-state index is 8.71. The Morgan fingerprint density at radius 3 is 2.74 bits per heavy atom. The summed E-state index contributed by atoms with van der Waals surface area (Å²) >= 11 is 1.26. The van der Waals surface area contributed by atoms with Crippen LogP contribution in [0.4, 0.5) is 0 Å². The van der Waals surface area contributed by atoms with Gasteiger partial charge >= 0.3 is 0 Å². The molecule has 98 valence electrons. The van der Waals surface area contributed by atoms with Gasteiger partial charge in [0, 0.05) is 0 Å². The van der Waals surface area contributed by atoms with Crippen molar-refractivity contribution in [2.24, 2.45) is 0 Å². The maximum Gasteiger partial charge on any atom is 0.277 e. The zero-order valence-corrected chi connectivity index (χ0v) is 11.5. The molecule has 1 heterocycles. The van der Waals surface area contributed by atoms with Gasteiger partial charge in [-0.2, -0.15) is 5.26 Å². The fraction of sp³-hybridized carbons (Fsp3) is 0.308. The van der Waals surface area contributed by atoms with Gasteiger partial charge in [0.25, 0.3) is 5.22 Å². The summed E-state index contributed by atoms with van der Waals surface area (Å²) in [4.78, 5) is 0. The van der Waals surface area contributed by atoms with Crippen LogP contribution in [0, 0.1) is 11.3 Å². The Balaban J connectivity index is 2.01. The van der Waals surface area contributed by atoms with E-state index in [1.165, 1.54) is 11.8 Å². The molecule has 1 aromatic carbocycles. The average Bonchev–Trinajstić information content (AvgIpc) is 2.86. The third-order valence-corrected chi connectivity index (χ3v) is 3.25. The van der Waals surface area contributed by atoms with Gasteiger partial charge in [-0.3, -0.25) is 0 Å². The monoisotopic (exact) mass is 275 g/mol. The average molecular weight is 275 g/mol. The van der Waals surface area contributed by atoms with E-state index in [9.17, 15) is 0 Å². The third kappa shape index (κ3) is 3.73. The highest BCUT2D eigenvalue weighted by molar-refractivity contribution is 7.99. The van der Waals surface area contributed by atoms with Crippen molar-refractivity contribution in [1.82, 2.24) is 10.2 Å². The molecule has 0 spiro atoms. The Hall–Kier alpha value is -2.00. The molecule has 6 heteroatoms. The summed E-state index contributed by atoms with van der Waals surface area (Å²) in [6, 6.07) is 9.79. The van der Waals surface area contributed by atoms with Crippen molar-refractivity contribution in [2.75, 3.05) is 7.11 Å². The molecular formula is C13H13N3O2S. The van der Waals surface area contributed by atoms with Gasteiger partial charge in [-0.25, -0.2) is 0 Å². The Morgan fingerprint density at radius 1 is 1.37 bits per heavy atom. The zero-order chi connectivity index (χ0) is 13.7. The number of methoxy groups -OCH3 is 1. The molecule has 0 bridgehead atoms. The lowest BCUT2D eigenvalue weighted by Crippen LogP contribution is -1.89. The first-order valence-electron chi connectivity index (χ1n) is 5.73. The van der Waals surface area contributed by atoms with Crippen molar-refractivity contribution in [1.29, 1.82) is 5.26 Å². The second-order valence-electron chi connectivity index (χ2n) is 3.88. The predicted octanol–water partition coefficient (Wildman–Crippen LogP) is 2.67. The summed E-state index contributed by atoms with van der Waals surface area (Å²) in [7, 11) is 1.63. The fourth-order valence-corrected chi connectivity index (χ4v) is 2.04. The minimum absolute atomic E-state index is 0.200. The number of hydrogen-bond donors (Lipinski definition) is 0. The van der Waals surface area contributed by atoms with Crippen molar-refractivity contribution in [3.63, 3.8) is 0 Å². The van der Waals surface area contributed by atoms with Crippen LogP contribution in [-0.2, 0) is 6.42 Å². The van der Waals surface area contributed by atoms with Gasteiger partial charge < -0.3 is 9.15 Å². The van der Waals surface area contributed by atoms with Gasteiger partial charge in [-0.1, -0.05) is 12.1 Å². The van der Waals surface area contributed by atoms with Gasteiger partial charge in [-0.05, 0) is 36.4 Å². The van der Waals surface area contributed by atoms with E-state index in [1.54, 1.807) is 14.0 Å². The van der Waals surface area contributed by atoms with E-state index in [-0.39, 0.29) is 5.25 Å². The topological polar surface area (TPSA) is 71.9 Å². The van der Waals surface area contributed by atoms with Gasteiger partial charge in [0.2, 0.25) is 5.89 Å². The van der Waals surface area contributed by atoms with Gasteiger partial charge in [0.15, 0.2) is 0 Å². The van der Waals surface area contributed by atoms with Gasteiger partial charge in [0.1, 0.15) is 5.75 Å². The smallest absolute Gasteiger partial charge is 0.277 e. The molecule has 0 aliphatic carbocycles. The first kappa shape index (κ1) is 13.4. The summed E-state index contributed by atoms with van der Waals surface area (Å²) in [5, 5.41) is 16.8. The van der Waals surface area contributed by atoms with E-state index in [4.69, 9.17) is 14.4 Å². The molecular weight excluding hydrogens is 262 g/mol. The van der Waals surface area contributed by atoms with Crippen LogP contribution < -0.4 is 4.74 Å². The lowest BCUT2D eigenvalue weighted by Gasteiger charge is -2.00. The van der Waals surface area contributed by atoms with Crippen LogP contribution in [0.1, 0.15) is 18.4 Å². The molecule has 0 aliphatic rings. The quantitative estimate of drug-likeness (QED) is 0.781. The molecule has 0 saturated heterocycles. The molecule has 0 unspecified atom stereocenters. The zero-order valence-electron chi connectivity index (χ0n) is 10.7. The van der Waals surface area contributed by atoms with E-state index >= 15 is 0 Å². The molecule has 1 atom stereocenters. The number of nitriles is 1. The third-order valence-electron chi connectivity index (χ3n) is 2.42. The number of thioether (sulfide) groups is 1. The van der Waals surface area contributed by atoms with Crippen LogP contribution in [0.2, 0.25) is 0 Å². The molecule has 2 aromatic rings. The van der Waals surface area contributed by atoms with Crippen molar-refractivity contribution < 1.29 is 9.15 Å². The molecule has 0 amide bonds. The Bertz CT molecular complexity index is 574. The van der Waals surface area contributed by atoms with Crippen molar-refractivity contribution >= 4 is 11.8 Å². The standard InChI is InChI=1S/C13H13N3O2S/c1-9(8-14)19-13-16-15-12(18-13)7-10-3-5-11(17-2)6-4-10/h3-6,9H,7H2,1-2H3/t9-/m0/s1. The number of rotatable bonds is 5. The second-order valence-corrected chi connectivity index (χ2v) is 5.17. The molecule has 1 aromatic heterocycles. The van der Waals surface area contributed by atoms with Gasteiger partial charge in [0.05, 0.1) is 24.8 Å². The summed E-state index contributed by atoms with van der Waals surface area (Å²) in [5.41, 5.74) is 1.06. The lowest BCUT2D eigenvalue weighted by molar-refractivity contribution is 0.413. The van der Waals surface area contributed by atoms with Crippen LogP contribution in [0.15, 0.2) is 33.9 Å². The number of aromatic nitrogens is 2. The van der Waals surface area contributed by atoms with E-state index in [1.807, 2.05) is 24.3 Å². The summed E-state index contributed by atoms with van der Waals surface area (Å²) in [6.07, 6.45) is 0.568. The Labute approximate surface area is 115 Å². The van der Waals surface area contributed by atoms with Crippen LogP contribution >= 0.6 is 11.8 Å². The second kappa shape index (κ2) is 6.25. The van der Waals surface area contributed by atoms with Crippen LogP contribution in [0.25, 0.3) is 0 Å². The molecule has 2 rings (SSSR count). The summed E-state index contributed by atoms with van der Waals surface area (Å²) in [6.45, 7) is 1.79. The fourth-order valence-electron chi connectivity index (χ4n) is 1.45. The first-order valence-corrected chi connectivity index (χ1v) is 6.61. The largest absolute Gasteiger partial charge is 0.497 e. The van der Waals surface area contributed by atoms with E-state index in [0.717, 1.165) is 11.3 Å². The molecule has 0 radical (unpaired) electrons. The minimum atomic E-state index is -0.200. The van der Waals surface area contributed by atoms with Gasteiger partial charge in [-0.15, -0.1) is 10.2 Å². The molecule has 0 saturated carbocycles. The molecule has 0 fully saturated rings. The number of benzene rings is 1. The van der Waals surface area contributed by atoms with E-state index in [0.29, 0.717) is 17.5 Å². The lowest BCUT2D eigenvalue weighted by atomic mass is 10.1. The molecule has 5 nitrogen and oxygen atoms in total. The minimum Gasteiger partial charge on any atom is -0.497 e. The Kier molecular flexibility index (Phi) is 4.42. The highest BCUT2D eigenvalue weighted by Gasteiger charge is 2.11. The van der Waals surface area contributed by atoms with Crippen molar-refractivity contribution in [3.8, 4) is 11.8 Å². The predicted molar refractivity (Wildman–Crippen MR) is 71.0 cm³/mol. The van der Waals surface area contributed by atoms with E-state index < -0.39 is 0 Å². The SMILES string of the molecule is COc1ccc(Cc2nnc(S[C@@H](C)C#N)o2)cc1. The molecule has 0 N–H and O–H groups in total. The number of hydrogen-bond acceptors (Lipinski definition) is 6. The number of ether oxygens (including phenoxy) is 1. The Morgan fingerprint density at radius 2 is 2.11 bits per heavy atom. The summed E-state index contributed by atoms with van der Waals surface area (Å²) in [5.74, 6) is 1.35. The first-order chi connectivity index (χ1) is 9.21. The summed E-state index contributed by atoms with van der Waals surface area (Å²) < 4.78 is 10.6. The van der Waals surface area contributed by atoms with Crippen molar-refractivity contribution in [2.45, 2.75) is 23.8 Å². The number of nitrogens with zero attached hydrogens (tertiary/aromatic N) is 3. The highest BCUT2D eigenvalue weighted by atomic mass is 32.2. The van der Waals surface area contributed by atoms with E-state index in [2.05, 4.69) is 16.3 Å². The van der Waals surface area contributed by atoms with Crippen LogP contribution in [0.3, 0.4) is 0 Å². The molecule has 19 heavy (non-hydrogen) atoms. The van der Waals surface area contributed by atoms with Crippen LogP contribution in [-0.4, -0.2) is 22.6 Å². The maximum absolute atomic E-state index is 8.71. The normalized spacial score (nSPS) is 11.8. The van der Waals surface area contributed by atoms with Crippen LogP contribution in [0.5, 0.6) is 5.75 Å². The molecule has 0 aliphatic heterocycles. The van der Waals surface area contributed by atoms with Crippen molar-refractivity contribution in [3.05, 3.63) is 35.7 Å². The highest BCUT2D eigenvalue weighted by Crippen LogP contribution is 2.22.